The lowest BCUT2D eigenvalue weighted by Crippen LogP contribution is -2.23. The van der Waals surface area contributed by atoms with Crippen LogP contribution in [-0.2, 0) is 0 Å². The standard InChI is InChI=1S/C14H25N3O2S/c1-6-7-16-13(18)12-10(15)11(19-9(4)5)14(20-12)17-8(2)3/h8-9,17H,6-7,15H2,1-5H3,(H,16,18). The van der Waals surface area contributed by atoms with Crippen molar-refractivity contribution < 1.29 is 9.53 Å². The molecule has 0 aliphatic heterocycles. The van der Waals surface area contributed by atoms with E-state index in [2.05, 4.69) is 10.6 Å². The molecule has 1 aromatic rings. The SMILES string of the molecule is CCCNC(=O)c1sc(NC(C)C)c(OC(C)C)c1N. The van der Waals surface area contributed by atoms with E-state index in [0.29, 0.717) is 22.9 Å². The normalized spacial score (nSPS) is 10.9. The second-order valence-electron chi connectivity index (χ2n) is 5.22. The molecule has 5 nitrogen and oxygen atoms in total. The second kappa shape index (κ2) is 7.38. The number of thiophene rings is 1. The molecule has 1 rings (SSSR count). The molecular formula is C14H25N3O2S. The van der Waals surface area contributed by atoms with Crippen LogP contribution in [0.2, 0.25) is 0 Å². The van der Waals surface area contributed by atoms with Gasteiger partial charge in [0.2, 0.25) is 0 Å². The molecule has 0 aliphatic rings. The van der Waals surface area contributed by atoms with Gasteiger partial charge in [-0.3, -0.25) is 4.79 Å². The van der Waals surface area contributed by atoms with Gasteiger partial charge in [0.15, 0.2) is 5.75 Å². The quantitative estimate of drug-likeness (QED) is 0.723. The van der Waals surface area contributed by atoms with E-state index < -0.39 is 0 Å². The number of nitrogen functional groups attached to an aromatic ring is 1. The van der Waals surface area contributed by atoms with Crippen LogP contribution >= 0.6 is 11.3 Å². The molecule has 20 heavy (non-hydrogen) atoms. The van der Waals surface area contributed by atoms with Crippen molar-refractivity contribution >= 4 is 27.9 Å². The number of rotatable bonds is 7. The number of amides is 1. The van der Waals surface area contributed by atoms with Crippen molar-refractivity contribution in [3.8, 4) is 5.75 Å². The third kappa shape index (κ3) is 4.30. The van der Waals surface area contributed by atoms with E-state index in [4.69, 9.17) is 10.5 Å². The topological polar surface area (TPSA) is 76.4 Å². The zero-order valence-corrected chi connectivity index (χ0v) is 13.7. The molecule has 0 saturated carbocycles. The van der Waals surface area contributed by atoms with Crippen LogP contribution in [0.4, 0.5) is 10.7 Å². The lowest BCUT2D eigenvalue weighted by atomic mass is 10.3. The predicted octanol–water partition coefficient (Wildman–Crippen LogP) is 3.08. The molecule has 6 heteroatoms. The molecule has 0 bridgehead atoms. The van der Waals surface area contributed by atoms with E-state index in [-0.39, 0.29) is 18.1 Å². The number of hydrogen-bond donors (Lipinski definition) is 3. The van der Waals surface area contributed by atoms with E-state index in [9.17, 15) is 4.79 Å². The van der Waals surface area contributed by atoms with Gasteiger partial charge in [-0.1, -0.05) is 6.92 Å². The van der Waals surface area contributed by atoms with Gasteiger partial charge in [-0.05, 0) is 34.1 Å². The van der Waals surface area contributed by atoms with Crippen molar-refractivity contribution in [1.82, 2.24) is 5.32 Å². The van der Waals surface area contributed by atoms with Gasteiger partial charge in [0.05, 0.1) is 6.10 Å². The summed E-state index contributed by atoms with van der Waals surface area (Å²) in [6.07, 6.45) is 0.898. The van der Waals surface area contributed by atoms with Gasteiger partial charge in [-0.15, -0.1) is 11.3 Å². The van der Waals surface area contributed by atoms with Crippen LogP contribution in [0.1, 0.15) is 50.7 Å². The third-order valence-corrected chi connectivity index (χ3v) is 3.53. The van der Waals surface area contributed by atoms with Crippen molar-refractivity contribution in [1.29, 1.82) is 0 Å². The first kappa shape index (κ1) is 16.6. The van der Waals surface area contributed by atoms with Crippen LogP contribution in [0.5, 0.6) is 5.75 Å². The van der Waals surface area contributed by atoms with Gasteiger partial charge in [-0.25, -0.2) is 0 Å². The summed E-state index contributed by atoms with van der Waals surface area (Å²) in [7, 11) is 0. The van der Waals surface area contributed by atoms with Crippen molar-refractivity contribution in [2.75, 3.05) is 17.6 Å². The first-order chi connectivity index (χ1) is 9.36. The van der Waals surface area contributed by atoms with E-state index in [1.165, 1.54) is 11.3 Å². The Labute approximate surface area is 124 Å². The Balaban J connectivity index is 3.07. The number of carbonyl (C=O) groups is 1. The summed E-state index contributed by atoms with van der Waals surface area (Å²) < 4.78 is 5.76. The van der Waals surface area contributed by atoms with Gasteiger partial charge < -0.3 is 21.1 Å². The number of carbonyl (C=O) groups excluding carboxylic acids is 1. The molecule has 0 unspecified atom stereocenters. The number of hydrogen-bond acceptors (Lipinski definition) is 5. The predicted molar refractivity (Wildman–Crippen MR) is 85.9 cm³/mol. The highest BCUT2D eigenvalue weighted by atomic mass is 32.1. The number of nitrogens with one attached hydrogen (secondary N) is 2. The Morgan fingerprint density at radius 2 is 2.00 bits per heavy atom. The number of anilines is 2. The fraction of sp³-hybridized carbons (Fsp3) is 0.643. The Bertz CT molecular complexity index is 456. The molecule has 1 amide bonds. The van der Waals surface area contributed by atoms with Gasteiger partial charge in [0.25, 0.3) is 5.91 Å². The van der Waals surface area contributed by atoms with Crippen LogP contribution in [0.15, 0.2) is 0 Å². The molecule has 0 spiro atoms. The van der Waals surface area contributed by atoms with Crippen molar-refractivity contribution in [3.05, 3.63) is 4.88 Å². The minimum Gasteiger partial charge on any atom is -0.486 e. The number of ether oxygens (including phenoxy) is 1. The molecule has 0 atom stereocenters. The van der Waals surface area contributed by atoms with E-state index >= 15 is 0 Å². The van der Waals surface area contributed by atoms with Crippen LogP contribution in [0.3, 0.4) is 0 Å². The highest BCUT2D eigenvalue weighted by molar-refractivity contribution is 7.19. The summed E-state index contributed by atoms with van der Waals surface area (Å²) in [6, 6.07) is 0.245. The molecule has 0 radical (unpaired) electrons. The molecule has 114 valence electrons. The zero-order valence-electron chi connectivity index (χ0n) is 12.9. The van der Waals surface area contributed by atoms with E-state index in [0.717, 1.165) is 11.4 Å². The molecule has 4 N–H and O–H groups in total. The fourth-order valence-electron chi connectivity index (χ4n) is 1.63. The van der Waals surface area contributed by atoms with Crippen molar-refractivity contribution in [3.63, 3.8) is 0 Å². The molecule has 1 aromatic heterocycles. The Morgan fingerprint density at radius 1 is 1.35 bits per heavy atom. The Morgan fingerprint density at radius 3 is 2.50 bits per heavy atom. The molecule has 0 aromatic carbocycles. The molecular weight excluding hydrogens is 274 g/mol. The molecule has 0 fully saturated rings. The lowest BCUT2D eigenvalue weighted by Gasteiger charge is -2.14. The minimum atomic E-state index is -0.139. The molecule has 0 aliphatic carbocycles. The summed E-state index contributed by atoms with van der Waals surface area (Å²) >= 11 is 1.34. The van der Waals surface area contributed by atoms with Crippen molar-refractivity contribution in [2.24, 2.45) is 0 Å². The zero-order chi connectivity index (χ0) is 15.3. The third-order valence-electron chi connectivity index (χ3n) is 2.41. The first-order valence-electron chi connectivity index (χ1n) is 7.00. The van der Waals surface area contributed by atoms with Crippen LogP contribution in [0.25, 0.3) is 0 Å². The largest absolute Gasteiger partial charge is 0.486 e. The number of nitrogens with two attached hydrogens (primary N) is 1. The van der Waals surface area contributed by atoms with Gasteiger partial charge in [-0.2, -0.15) is 0 Å². The Hall–Kier alpha value is -1.43. The summed E-state index contributed by atoms with van der Waals surface area (Å²) in [4.78, 5) is 12.6. The van der Waals surface area contributed by atoms with Gasteiger partial charge in [0, 0.05) is 12.6 Å². The van der Waals surface area contributed by atoms with Crippen LogP contribution < -0.4 is 21.1 Å². The van der Waals surface area contributed by atoms with Gasteiger partial charge >= 0.3 is 0 Å². The maximum Gasteiger partial charge on any atom is 0.263 e. The summed E-state index contributed by atoms with van der Waals surface area (Å²) in [6.45, 7) is 10.6. The highest BCUT2D eigenvalue weighted by Gasteiger charge is 2.23. The highest BCUT2D eigenvalue weighted by Crippen LogP contribution is 2.43. The van der Waals surface area contributed by atoms with E-state index in [1.54, 1.807) is 0 Å². The molecule has 1 heterocycles. The average Bonchev–Trinajstić information content (AvgIpc) is 2.63. The monoisotopic (exact) mass is 299 g/mol. The maximum atomic E-state index is 12.1. The molecule has 0 saturated heterocycles. The second-order valence-corrected chi connectivity index (χ2v) is 6.25. The summed E-state index contributed by atoms with van der Waals surface area (Å²) in [5, 5.41) is 6.94. The fourth-order valence-corrected chi connectivity index (χ4v) is 2.74. The van der Waals surface area contributed by atoms with Gasteiger partial charge in [0.1, 0.15) is 15.6 Å². The lowest BCUT2D eigenvalue weighted by molar-refractivity contribution is 0.0958. The van der Waals surface area contributed by atoms with E-state index in [1.807, 2.05) is 34.6 Å². The minimum absolute atomic E-state index is 0.00571. The first-order valence-corrected chi connectivity index (χ1v) is 7.82. The van der Waals surface area contributed by atoms with Crippen molar-refractivity contribution in [2.45, 2.75) is 53.2 Å². The smallest absolute Gasteiger partial charge is 0.263 e. The summed E-state index contributed by atoms with van der Waals surface area (Å²) in [5.41, 5.74) is 6.50. The Kier molecular flexibility index (Phi) is 6.13. The average molecular weight is 299 g/mol. The summed E-state index contributed by atoms with van der Waals surface area (Å²) in [5.74, 6) is 0.445. The van der Waals surface area contributed by atoms with Crippen LogP contribution in [0, 0.1) is 0 Å². The van der Waals surface area contributed by atoms with Crippen LogP contribution in [-0.4, -0.2) is 24.6 Å². The maximum absolute atomic E-state index is 12.1.